The highest BCUT2D eigenvalue weighted by Gasteiger charge is 2.34. The molecule has 0 N–H and O–H groups in total. The molecule has 0 bridgehead atoms. The maximum atomic E-state index is 14.4. The van der Waals surface area contributed by atoms with Gasteiger partial charge in [-0.1, -0.05) is 24.3 Å². The van der Waals surface area contributed by atoms with Crippen molar-refractivity contribution < 1.29 is 13.5 Å². The van der Waals surface area contributed by atoms with E-state index in [0.29, 0.717) is 18.1 Å². The summed E-state index contributed by atoms with van der Waals surface area (Å²) < 4.78 is 33.6. The van der Waals surface area contributed by atoms with E-state index in [-0.39, 0.29) is 11.3 Å². The van der Waals surface area contributed by atoms with Crippen LogP contribution in [0.4, 0.5) is 8.78 Å². The van der Waals surface area contributed by atoms with Gasteiger partial charge in [0, 0.05) is 5.56 Å². The van der Waals surface area contributed by atoms with E-state index in [1.807, 2.05) is 12.1 Å². The maximum absolute atomic E-state index is 14.4. The van der Waals surface area contributed by atoms with Gasteiger partial charge < -0.3 is 4.74 Å². The Morgan fingerprint density at radius 2 is 1.42 bits per heavy atom. The molecule has 0 amide bonds. The molecule has 0 unspecified atom stereocenters. The van der Waals surface area contributed by atoms with Gasteiger partial charge in [-0.05, 0) is 86.5 Å². The van der Waals surface area contributed by atoms with Crippen LogP contribution < -0.4 is 4.74 Å². The summed E-state index contributed by atoms with van der Waals surface area (Å²) >= 11 is 0. The van der Waals surface area contributed by atoms with Gasteiger partial charge in [0.2, 0.25) is 5.82 Å². The first kappa shape index (κ1) is 17.5. The number of hydrogen-bond acceptors (Lipinski definition) is 1. The Labute approximate surface area is 154 Å². The molecule has 2 fully saturated rings. The number of hydrogen-bond donors (Lipinski definition) is 0. The molecule has 2 aliphatic carbocycles. The molecule has 0 aromatic heterocycles. The number of rotatable bonds is 5. The molecule has 0 radical (unpaired) electrons. The summed E-state index contributed by atoms with van der Waals surface area (Å²) in [7, 11) is 0. The molecule has 4 rings (SSSR count). The smallest absolute Gasteiger partial charge is 0.201 e. The average Bonchev–Trinajstić information content (AvgIpc) is 3.52. The van der Waals surface area contributed by atoms with Gasteiger partial charge in [0.25, 0.3) is 0 Å². The highest BCUT2D eigenvalue weighted by Crippen LogP contribution is 2.47. The van der Waals surface area contributed by atoms with Crippen LogP contribution in [0.2, 0.25) is 0 Å². The molecular weight excluding hydrogens is 330 g/mol. The first-order valence-electron chi connectivity index (χ1n) is 9.88. The molecule has 2 saturated carbocycles. The van der Waals surface area contributed by atoms with Crippen LogP contribution in [0.15, 0.2) is 36.4 Å². The third kappa shape index (κ3) is 3.49. The highest BCUT2D eigenvalue weighted by atomic mass is 19.2. The van der Waals surface area contributed by atoms with Gasteiger partial charge in [0.15, 0.2) is 11.6 Å². The van der Waals surface area contributed by atoms with Crippen molar-refractivity contribution in [2.75, 3.05) is 6.61 Å². The molecule has 0 saturated heterocycles. The molecule has 2 aromatic carbocycles. The second-order valence-electron chi connectivity index (χ2n) is 7.74. The monoisotopic (exact) mass is 356 g/mol. The molecule has 0 heterocycles. The summed E-state index contributed by atoms with van der Waals surface area (Å²) in [5, 5.41) is 0. The predicted molar refractivity (Wildman–Crippen MR) is 100 cm³/mol. The fourth-order valence-corrected chi connectivity index (χ4v) is 4.45. The molecular formula is C23H26F2O. The lowest BCUT2D eigenvalue weighted by Gasteiger charge is -2.29. The number of benzene rings is 2. The first-order valence-corrected chi connectivity index (χ1v) is 9.88. The van der Waals surface area contributed by atoms with E-state index < -0.39 is 11.6 Å². The molecule has 26 heavy (non-hydrogen) atoms. The zero-order valence-electron chi connectivity index (χ0n) is 15.3. The van der Waals surface area contributed by atoms with Crippen LogP contribution in [0.25, 0.3) is 11.1 Å². The normalized spacial score (nSPS) is 23.0. The van der Waals surface area contributed by atoms with Crippen molar-refractivity contribution >= 4 is 0 Å². The first-order chi connectivity index (χ1) is 12.7. The highest BCUT2D eigenvalue weighted by molar-refractivity contribution is 5.65. The van der Waals surface area contributed by atoms with E-state index in [4.69, 9.17) is 4.74 Å². The van der Waals surface area contributed by atoms with Crippen molar-refractivity contribution in [3.63, 3.8) is 0 Å². The number of ether oxygens (including phenoxy) is 1. The Hall–Kier alpha value is -1.90. The molecule has 0 spiro atoms. The summed E-state index contributed by atoms with van der Waals surface area (Å²) in [4.78, 5) is 0. The van der Waals surface area contributed by atoms with Gasteiger partial charge in [-0.2, -0.15) is 4.39 Å². The Balaban J connectivity index is 1.48. The van der Waals surface area contributed by atoms with E-state index >= 15 is 0 Å². The van der Waals surface area contributed by atoms with Crippen molar-refractivity contribution in [2.24, 2.45) is 11.8 Å². The molecule has 3 heteroatoms. The van der Waals surface area contributed by atoms with Crippen molar-refractivity contribution in [1.82, 2.24) is 0 Å². The average molecular weight is 356 g/mol. The fourth-order valence-electron chi connectivity index (χ4n) is 4.45. The molecule has 1 nitrogen and oxygen atoms in total. The lowest BCUT2D eigenvalue weighted by Crippen LogP contribution is -2.14. The van der Waals surface area contributed by atoms with Crippen LogP contribution in [-0.4, -0.2) is 6.61 Å². The minimum Gasteiger partial charge on any atom is -0.491 e. The fraction of sp³-hybridized carbons (Fsp3) is 0.478. The minimum atomic E-state index is -0.910. The van der Waals surface area contributed by atoms with Gasteiger partial charge in [-0.3, -0.25) is 0 Å². The van der Waals surface area contributed by atoms with Gasteiger partial charge in [0.1, 0.15) is 0 Å². The minimum absolute atomic E-state index is 0.0298. The molecule has 138 valence electrons. The second kappa shape index (κ2) is 7.38. The lowest BCUT2D eigenvalue weighted by atomic mass is 9.77. The summed E-state index contributed by atoms with van der Waals surface area (Å²) in [6.07, 6.45) is 8.08. The quantitative estimate of drug-likeness (QED) is 0.578. The second-order valence-corrected chi connectivity index (χ2v) is 7.74. The lowest BCUT2D eigenvalue weighted by molar-refractivity contribution is 0.296. The van der Waals surface area contributed by atoms with Crippen LogP contribution in [0.1, 0.15) is 56.9 Å². The molecule has 2 aliphatic rings. The van der Waals surface area contributed by atoms with Gasteiger partial charge >= 0.3 is 0 Å². The van der Waals surface area contributed by atoms with Crippen LogP contribution in [0.3, 0.4) is 0 Å². The van der Waals surface area contributed by atoms with Gasteiger partial charge in [-0.15, -0.1) is 0 Å². The summed E-state index contributed by atoms with van der Waals surface area (Å²) in [6.45, 7) is 2.06. The van der Waals surface area contributed by atoms with Crippen LogP contribution >= 0.6 is 0 Å². The van der Waals surface area contributed by atoms with Crippen molar-refractivity contribution in [3.05, 3.63) is 53.6 Å². The van der Waals surface area contributed by atoms with Crippen molar-refractivity contribution in [3.8, 4) is 16.9 Å². The summed E-state index contributed by atoms with van der Waals surface area (Å²) in [6, 6.07) is 11.1. The predicted octanol–water partition coefficient (Wildman–Crippen LogP) is 6.71. The zero-order chi connectivity index (χ0) is 18.1. The third-order valence-electron chi connectivity index (χ3n) is 6.10. The van der Waals surface area contributed by atoms with Crippen LogP contribution in [0.5, 0.6) is 5.75 Å². The van der Waals surface area contributed by atoms with E-state index in [2.05, 4.69) is 12.1 Å². The Morgan fingerprint density at radius 3 is 2.00 bits per heavy atom. The van der Waals surface area contributed by atoms with Gasteiger partial charge in [-0.25, -0.2) is 4.39 Å². The Bertz CT molecular complexity index is 757. The van der Waals surface area contributed by atoms with Gasteiger partial charge in [0.05, 0.1) is 6.61 Å². The maximum Gasteiger partial charge on any atom is 0.201 e. The summed E-state index contributed by atoms with van der Waals surface area (Å²) in [5.41, 5.74) is 2.32. The number of halogens is 2. The molecule has 2 aromatic rings. The van der Waals surface area contributed by atoms with E-state index in [1.54, 1.807) is 13.0 Å². The molecule has 0 aliphatic heterocycles. The summed E-state index contributed by atoms with van der Waals surface area (Å²) in [5.74, 6) is 0.793. The standard InChI is InChI=1S/C23H26F2O/c1-2-26-21-14-13-20(22(24)23(21)25)19-11-9-18(10-12-19)17-7-5-16(6-8-17)15-3-4-15/h9-17H,2-8H2,1H3. The van der Waals surface area contributed by atoms with Crippen LogP contribution in [-0.2, 0) is 0 Å². The van der Waals surface area contributed by atoms with Crippen molar-refractivity contribution in [2.45, 2.75) is 51.4 Å². The van der Waals surface area contributed by atoms with Crippen LogP contribution in [0, 0.1) is 23.5 Å². The van der Waals surface area contributed by atoms with Crippen molar-refractivity contribution in [1.29, 1.82) is 0 Å². The van der Waals surface area contributed by atoms with E-state index in [1.165, 1.54) is 50.2 Å². The molecule has 0 atom stereocenters. The topological polar surface area (TPSA) is 9.23 Å². The Kier molecular flexibility index (Phi) is 4.97. The SMILES string of the molecule is CCOc1ccc(-c2ccc(C3CCC(C4CC4)CC3)cc2)c(F)c1F. The Morgan fingerprint density at radius 1 is 0.808 bits per heavy atom. The third-order valence-corrected chi connectivity index (χ3v) is 6.10. The largest absolute Gasteiger partial charge is 0.491 e. The van der Waals surface area contributed by atoms with E-state index in [9.17, 15) is 8.78 Å². The van der Waals surface area contributed by atoms with E-state index in [0.717, 1.165) is 11.8 Å². The zero-order valence-corrected chi connectivity index (χ0v) is 15.3.